The van der Waals surface area contributed by atoms with Crippen LogP contribution in [0.5, 0.6) is 5.75 Å². The first-order valence-electron chi connectivity index (χ1n) is 11.6. The third-order valence-electron chi connectivity index (χ3n) is 6.18. The number of nitrogens with zero attached hydrogens (tertiary/aromatic N) is 2. The van der Waals surface area contributed by atoms with Gasteiger partial charge in [0.05, 0.1) is 36.8 Å². The number of benzene rings is 2. The molecule has 0 fully saturated rings. The van der Waals surface area contributed by atoms with E-state index in [9.17, 15) is 31.1 Å². The molecule has 3 rings (SSSR count). The van der Waals surface area contributed by atoms with Crippen LogP contribution >= 0.6 is 0 Å². The van der Waals surface area contributed by atoms with Crippen molar-refractivity contribution < 1.29 is 35.9 Å². The molecule has 0 unspecified atom stereocenters. The summed E-state index contributed by atoms with van der Waals surface area (Å²) in [5, 5.41) is 9.74. The first-order chi connectivity index (χ1) is 17.2. The molecule has 37 heavy (non-hydrogen) atoms. The summed E-state index contributed by atoms with van der Waals surface area (Å²) in [4.78, 5) is 14.7. The number of sulfonamides is 2. The van der Waals surface area contributed by atoms with Gasteiger partial charge in [-0.15, -0.1) is 0 Å². The molecule has 1 heterocycles. The average Bonchev–Trinajstić information content (AvgIpc) is 2.85. The standard InChI is InChI=1S/C24H32FN3O7S2/c1-16-13-28(17(2)15-29)24(30)12-18-11-20(26-36(4,31)32)7-10-22(18)35-23(16)14-27(3)37(33,34)21-8-5-19(25)6-9-21/h5-11,16-17,23,26,29H,12-15H2,1-4H3/t16-,17-,23+/m1/s1. The summed E-state index contributed by atoms with van der Waals surface area (Å²) in [6.07, 6.45) is 0.185. The van der Waals surface area contributed by atoms with Gasteiger partial charge in [0.15, 0.2) is 0 Å². The molecule has 3 atom stereocenters. The molecule has 0 saturated carbocycles. The van der Waals surface area contributed by atoms with Crippen LogP contribution in [0.15, 0.2) is 47.4 Å². The van der Waals surface area contributed by atoms with Crippen molar-refractivity contribution in [2.75, 3.05) is 37.7 Å². The highest BCUT2D eigenvalue weighted by Gasteiger charge is 2.33. The van der Waals surface area contributed by atoms with Gasteiger partial charge in [0, 0.05) is 30.8 Å². The van der Waals surface area contributed by atoms with Crippen LogP contribution < -0.4 is 9.46 Å². The Morgan fingerprint density at radius 3 is 2.43 bits per heavy atom. The number of ether oxygens (including phenoxy) is 1. The SMILES string of the molecule is C[C@@H]1CN([C@H](C)CO)C(=O)Cc2cc(NS(C)(=O)=O)ccc2O[C@H]1CN(C)S(=O)(=O)c1ccc(F)cc1. The Morgan fingerprint density at radius 1 is 1.19 bits per heavy atom. The van der Waals surface area contributed by atoms with Crippen molar-refractivity contribution >= 4 is 31.6 Å². The van der Waals surface area contributed by atoms with E-state index in [-0.39, 0.29) is 48.5 Å². The maximum atomic E-state index is 13.3. The number of fused-ring (bicyclic) bond motifs is 1. The van der Waals surface area contributed by atoms with Crippen molar-refractivity contribution in [2.24, 2.45) is 5.92 Å². The molecule has 0 spiro atoms. The van der Waals surface area contributed by atoms with E-state index in [2.05, 4.69) is 4.72 Å². The van der Waals surface area contributed by atoms with E-state index in [4.69, 9.17) is 4.74 Å². The summed E-state index contributed by atoms with van der Waals surface area (Å²) in [5.41, 5.74) is 0.663. The molecule has 204 valence electrons. The third kappa shape index (κ3) is 7.18. The topological polar surface area (TPSA) is 133 Å². The van der Waals surface area contributed by atoms with Crippen molar-refractivity contribution in [3.8, 4) is 5.75 Å². The van der Waals surface area contributed by atoms with Gasteiger partial charge >= 0.3 is 0 Å². The lowest BCUT2D eigenvalue weighted by atomic mass is 10.0. The minimum atomic E-state index is -3.97. The van der Waals surface area contributed by atoms with Gasteiger partial charge in [-0.3, -0.25) is 9.52 Å². The number of aliphatic hydroxyl groups is 1. The maximum absolute atomic E-state index is 13.3. The van der Waals surface area contributed by atoms with Crippen LogP contribution in [0.25, 0.3) is 0 Å². The fraction of sp³-hybridized carbons (Fsp3) is 0.458. The zero-order valence-electron chi connectivity index (χ0n) is 21.1. The molecule has 1 amide bonds. The monoisotopic (exact) mass is 557 g/mol. The van der Waals surface area contributed by atoms with Gasteiger partial charge in [-0.05, 0) is 49.4 Å². The number of carbonyl (C=O) groups is 1. The van der Waals surface area contributed by atoms with Crippen LogP contribution in [-0.4, -0.2) is 82.2 Å². The number of hydrogen-bond donors (Lipinski definition) is 2. The van der Waals surface area contributed by atoms with Crippen LogP contribution in [0.3, 0.4) is 0 Å². The van der Waals surface area contributed by atoms with Crippen LogP contribution in [0.2, 0.25) is 0 Å². The molecular weight excluding hydrogens is 525 g/mol. The van der Waals surface area contributed by atoms with Gasteiger partial charge in [0.25, 0.3) is 0 Å². The molecule has 1 aliphatic heterocycles. The predicted octanol–water partition coefficient (Wildman–Crippen LogP) is 1.67. The summed E-state index contributed by atoms with van der Waals surface area (Å²) < 4.78 is 72.7. The van der Waals surface area contributed by atoms with Gasteiger partial charge < -0.3 is 14.7 Å². The highest BCUT2D eigenvalue weighted by atomic mass is 32.2. The molecule has 1 aliphatic rings. The zero-order chi connectivity index (χ0) is 27.5. The number of hydrogen-bond acceptors (Lipinski definition) is 7. The van der Waals surface area contributed by atoms with E-state index in [1.807, 2.05) is 6.92 Å². The van der Waals surface area contributed by atoms with Crippen molar-refractivity contribution in [1.29, 1.82) is 0 Å². The second-order valence-electron chi connectivity index (χ2n) is 9.32. The van der Waals surface area contributed by atoms with Crippen LogP contribution in [0.4, 0.5) is 10.1 Å². The Kier molecular flexibility index (Phi) is 8.83. The van der Waals surface area contributed by atoms with Gasteiger partial charge in [-0.2, -0.15) is 4.31 Å². The molecule has 13 heteroatoms. The Morgan fingerprint density at radius 2 is 1.84 bits per heavy atom. The highest BCUT2D eigenvalue weighted by molar-refractivity contribution is 7.92. The van der Waals surface area contributed by atoms with Crippen LogP contribution in [-0.2, 0) is 31.3 Å². The van der Waals surface area contributed by atoms with E-state index in [0.717, 1.165) is 22.7 Å². The zero-order valence-corrected chi connectivity index (χ0v) is 22.7. The first-order valence-corrected chi connectivity index (χ1v) is 14.9. The number of likely N-dealkylation sites (N-methyl/N-ethyl adjacent to an activating group) is 1. The fourth-order valence-corrected chi connectivity index (χ4v) is 5.80. The molecule has 0 aliphatic carbocycles. The Hall–Kier alpha value is -2.74. The lowest BCUT2D eigenvalue weighted by Gasteiger charge is -2.33. The second kappa shape index (κ2) is 11.3. The Labute approximate surface area is 217 Å². The predicted molar refractivity (Wildman–Crippen MR) is 137 cm³/mol. The minimum Gasteiger partial charge on any atom is -0.488 e. The molecule has 2 aromatic rings. The lowest BCUT2D eigenvalue weighted by Crippen LogP contribution is -2.48. The number of aliphatic hydroxyl groups excluding tert-OH is 1. The van der Waals surface area contributed by atoms with Crippen molar-refractivity contribution in [1.82, 2.24) is 9.21 Å². The number of amides is 1. The summed E-state index contributed by atoms with van der Waals surface area (Å²) in [7, 11) is -6.15. The van der Waals surface area contributed by atoms with Gasteiger partial charge in [0.2, 0.25) is 26.0 Å². The smallest absolute Gasteiger partial charge is 0.242 e. The largest absolute Gasteiger partial charge is 0.488 e. The van der Waals surface area contributed by atoms with E-state index in [0.29, 0.717) is 11.3 Å². The van der Waals surface area contributed by atoms with E-state index < -0.39 is 38.0 Å². The molecule has 0 saturated heterocycles. The highest BCUT2D eigenvalue weighted by Crippen LogP contribution is 2.30. The maximum Gasteiger partial charge on any atom is 0.242 e. The third-order valence-corrected chi connectivity index (χ3v) is 8.62. The van der Waals surface area contributed by atoms with E-state index >= 15 is 0 Å². The molecule has 0 aromatic heterocycles. The number of rotatable bonds is 8. The molecule has 2 N–H and O–H groups in total. The number of halogens is 1. The van der Waals surface area contributed by atoms with Gasteiger partial charge in [-0.25, -0.2) is 21.2 Å². The molecular formula is C24H32FN3O7S2. The summed E-state index contributed by atoms with van der Waals surface area (Å²) in [5.74, 6) is -0.888. The summed E-state index contributed by atoms with van der Waals surface area (Å²) >= 11 is 0. The number of anilines is 1. The first kappa shape index (κ1) is 28.8. The second-order valence-corrected chi connectivity index (χ2v) is 13.1. The Balaban J connectivity index is 1.99. The van der Waals surface area contributed by atoms with Crippen LogP contribution in [0, 0.1) is 11.7 Å². The Bertz CT molecular complexity index is 1330. The quantitative estimate of drug-likeness (QED) is 0.504. The normalized spacial score (nSPS) is 19.9. The summed E-state index contributed by atoms with van der Waals surface area (Å²) in [6.45, 7) is 3.35. The van der Waals surface area contributed by atoms with Gasteiger partial charge in [0.1, 0.15) is 17.7 Å². The molecule has 2 aromatic carbocycles. The molecule has 10 nitrogen and oxygen atoms in total. The fourth-order valence-electron chi connectivity index (χ4n) is 4.06. The van der Waals surface area contributed by atoms with Crippen LogP contribution in [0.1, 0.15) is 19.4 Å². The van der Waals surface area contributed by atoms with Crippen molar-refractivity contribution in [3.05, 3.63) is 53.8 Å². The molecule has 0 radical (unpaired) electrons. The number of nitrogens with one attached hydrogen (secondary N) is 1. The van der Waals surface area contributed by atoms with Gasteiger partial charge in [-0.1, -0.05) is 6.92 Å². The number of carbonyl (C=O) groups excluding carboxylic acids is 1. The van der Waals surface area contributed by atoms with E-state index in [1.54, 1.807) is 6.92 Å². The van der Waals surface area contributed by atoms with Crippen molar-refractivity contribution in [3.63, 3.8) is 0 Å². The van der Waals surface area contributed by atoms with E-state index in [1.165, 1.54) is 42.3 Å². The molecule has 0 bridgehead atoms. The van der Waals surface area contributed by atoms with Crippen molar-refractivity contribution in [2.45, 2.75) is 37.3 Å². The average molecular weight is 558 g/mol. The lowest BCUT2D eigenvalue weighted by molar-refractivity contribution is -0.134. The minimum absolute atomic E-state index is 0.0743. The summed E-state index contributed by atoms with van der Waals surface area (Å²) in [6, 6.07) is 8.53.